The standard InChI is InChI=1S/C33H42N4O3/c1-23-19-24(2)30(25(3)20-23)33(22-34)13-16-36(17-14-33)15-6-5-9-26-10-7-11-27-28(26)21-37(32(27)40)29(12-8-18-38)31(39)35-4/h7,10-11,18-20,29H,5-6,8-9,12-17,21H2,1-4H3,(H,35,39). The first-order chi connectivity index (χ1) is 19.2. The van der Waals surface area contributed by atoms with Gasteiger partial charge in [-0.15, -0.1) is 0 Å². The van der Waals surface area contributed by atoms with Gasteiger partial charge < -0.3 is 19.9 Å². The number of benzene rings is 2. The van der Waals surface area contributed by atoms with Crippen molar-refractivity contribution in [2.75, 3.05) is 26.7 Å². The Balaban J connectivity index is 1.33. The molecule has 2 aromatic carbocycles. The number of hydrogen-bond donors (Lipinski definition) is 1. The maximum Gasteiger partial charge on any atom is 0.255 e. The Morgan fingerprint density at radius 2 is 1.85 bits per heavy atom. The van der Waals surface area contributed by atoms with Gasteiger partial charge in [0.05, 0.1) is 11.5 Å². The minimum Gasteiger partial charge on any atom is -0.357 e. The smallest absolute Gasteiger partial charge is 0.255 e. The zero-order chi connectivity index (χ0) is 28.9. The predicted molar refractivity (Wildman–Crippen MR) is 156 cm³/mol. The monoisotopic (exact) mass is 542 g/mol. The summed E-state index contributed by atoms with van der Waals surface area (Å²) in [5, 5.41) is 12.9. The van der Waals surface area contributed by atoms with Gasteiger partial charge >= 0.3 is 0 Å². The summed E-state index contributed by atoms with van der Waals surface area (Å²) in [6, 6.07) is 12.3. The van der Waals surface area contributed by atoms with Crippen molar-refractivity contribution in [3.63, 3.8) is 0 Å². The number of unbranched alkanes of at least 4 members (excludes halogenated alkanes) is 1. The summed E-state index contributed by atoms with van der Waals surface area (Å²) < 4.78 is 0. The Morgan fingerprint density at radius 3 is 2.48 bits per heavy atom. The number of nitrogens with zero attached hydrogens (tertiary/aromatic N) is 3. The van der Waals surface area contributed by atoms with Crippen LogP contribution in [-0.4, -0.2) is 60.6 Å². The van der Waals surface area contributed by atoms with Crippen molar-refractivity contribution in [2.24, 2.45) is 0 Å². The molecule has 2 heterocycles. The Bertz CT molecular complexity index is 1280. The Labute approximate surface area is 238 Å². The third-order valence-electron chi connectivity index (χ3n) is 8.83. The number of piperidine rings is 1. The third kappa shape index (κ3) is 5.97. The Kier molecular flexibility index (Phi) is 9.42. The van der Waals surface area contributed by atoms with Crippen molar-refractivity contribution < 1.29 is 14.4 Å². The van der Waals surface area contributed by atoms with Crippen LogP contribution in [0.5, 0.6) is 0 Å². The normalized spacial score (nSPS) is 17.3. The van der Waals surface area contributed by atoms with Gasteiger partial charge in [0.25, 0.3) is 5.91 Å². The van der Waals surface area contributed by atoms with Crippen molar-refractivity contribution in [3.8, 4) is 6.07 Å². The van der Waals surface area contributed by atoms with E-state index in [-0.39, 0.29) is 18.2 Å². The van der Waals surface area contributed by atoms with E-state index in [4.69, 9.17) is 0 Å². The molecule has 0 aromatic heterocycles. The van der Waals surface area contributed by atoms with Crippen molar-refractivity contribution >= 4 is 18.1 Å². The summed E-state index contributed by atoms with van der Waals surface area (Å²) in [6.07, 6.45) is 5.99. The lowest BCUT2D eigenvalue weighted by Gasteiger charge is -2.39. The molecule has 0 saturated carbocycles. The van der Waals surface area contributed by atoms with Gasteiger partial charge in [0, 0.05) is 25.6 Å². The summed E-state index contributed by atoms with van der Waals surface area (Å²) in [5.74, 6) is -0.371. The molecule has 40 heavy (non-hydrogen) atoms. The fourth-order valence-electron chi connectivity index (χ4n) is 6.89. The molecule has 2 amide bonds. The van der Waals surface area contributed by atoms with Crippen molar-refractivity contribution in [1.29, 1.82) is 5.26 Å². The molecule has 1 fully saturated rings. The summed E-state index contributed by atoms with van der Waals surface area (Å²) in [7, 11) is 1.56. The van der Waals surface area contributed by atoms with Crippen LogP contribution in [0.25, 0.3) is 0 Å². The highest BCUT2D eigenvalue weighted by Gasteiger charge is 2.39. The molecule has 2 aromatic rings. The van der Waals surface area contributed by atoms with Crippen LogP contribution in [0.1, 0.15) is 82.3 Å². The maximum absolute atomic E-state index is 13.2. The van der Waals surface area contributed by atoms with Crippen LogP contribution in [0.3, 0.4) is 0 Å². The second kappa shape index (κ2) is 12.8. The summed E-state index contributed by atoms with van der Waals surface area (Å²) in [5.41, 5.74) is 7.36. The number of carbonyl (C=O) groups is 3. The van der Waals surface area contributed by atoms with Gasteiger partial charge in [-0.2, -0.15) is 5.26 Å². The number of aryl methyl sites for hydroxylation is 4. The quantitative estimate of drug-likeness (QED) is 0.332. The van der Waals surface area contributed by atoms with Gasteiger partial charge in [-0.05, 0) is 113 Å². The lowest BCUT2D eigenvalue weighted by Crippen LogP contribution is -2.46. The van der Waals surface area contributed by atoms with Crippen LogP contribution in [0.4, 0.5) is 0 Å². The van der Waals surface area contributed by atoms with Crippen molar-refractivity contribution in [2.45, 2.75) is 83.7 Å². The van der Waals surface area contributed by atoms with Crippen molar-refractivity contribution in [1.82, 2.24) is 15.1 Å². The number of hydrogen-bond acceptors (Lipinski definition) is 5. The maximum atomic E-state index is 13.2. The Hall–Kier alpha value is -3.50. The number of carbonyl (C=O) groups excluding carboxylic acids is 3. The molecule has 1 N–H and O–H groups in total. The van der Waals surface area contributed by atoms with E-state index in [1.165, 1.54) is 22.3 Å². The van der Waals surface area contributed by atoms with E-state index in [9.17, 15) is 19.6 Å². The van der Waals surface area contributed by atoms with Gasteiger partial charge in [0.15, 0.2) is 0 Å². The van der Waals surface area contributed by atoms with E-state index >= 15 is 0 Å². The summed E-state index contributed by atoms with van der Waals surface area (Å²) >= 11 is 0. The lowest BCUT2D eigenvalue weighted by molar-refractivity contribution is -0.125. The number of likely N-dealkylation sites (N-methyl/N-ethyl adjacent to an activating group) is 1. The highest BCUT2D eigenvalue weighted by molar-refractivity contribution is 6.01. The number of rotatable bonds is 11. The first kappa shape index (κ1) is 29.5. The molecule has 2 aliphatic rings. The van der Waals surface area contributed by atoms with Crippen LogP contribution in [-0.2, 0) is 28.0 Å². The first-order valence-corrected chi connectivity index (χ1v) is 14.5. The van der Waals surface area contributed by atoms with Crippen LogP contribution < -0.4 is 5.32 Å². The zero-order valence-corrected chi connectivity index (χ0v) is 24.4. The van der Waals surface area contributed by atoms with E-state index < -0.39 is 11.5 Å². The minimum atomic E-state index is -0.643. The molecule has 1 atom stereocenters. The number of fused-ring (bicyclic) bond motifs is 1. The van der Waals surface area contributed by atoms with E-state index in [1.807, 2.05) is 12.1 Å². The van der Waals surface area contributed by atoms with Gasteiger partial charge in [-0.25, -0.2) is 0 Å². The predicted octanol–water partition coefficient (Wildman–Crippen LogP) is 4.54. The van der Waals surface area contributed by atoms with E-state index in [0.29, 0.717) is 18.5 Å². The fraction of sp³-hybridized carbons (Fsp3) is 0.515. The SMILES string of the molecule is CNC(=O)C(CCC=O)N1Cc2c(CCCCN3CCC(C#N)(c4c(C)cc(C)cc4C)CC3)cccc2C1=O. The number of aldehydes is 1. The average Bonchev–Trinajstić information content (AvgIpc) is 3.28. The largest absolute Gasteiger partial charge is 0.357 e. The zero-order valence-electron chi connectivity index (χ0n) is 24.4. The molecule has 0 spiro atoms. The molecule has 1 saturated heterocycles. The first-order valence-electron chi connectivity index (χ1n) is 14.5. The number of nitriles is 1. The molecule has 0 radical (unpaired) electrons. The molecular weight excluding hydrogens is 500 g/mol. The van der Waals surface area contributed by atoms with Crippen LogP contribution >= 0.6 is 0 Å². The highest BCUT2D eigenvalue weighted by Crippen LogP contribution is 2.39. The molecule has 7 nitrogen and oxygen atoms in total. The summed E-state index contributed by atoms with van der Waals surface area (Å²) in [6.45, 7) is 9.63. The minimum absolute atomic E-state index is 0.135. The van der Waals surface area contributed by atoms with Gasteiger partial charge in [0.1, 0.15) is 12.3 Å². The fourth-order valence-corrected chi connectivity index (χ4v) is 6.89. The molecule has 2 aliphatic heterocycles. The van der Waals surface area contributed by atoms with E-state index in [0.717, 1.165) is 69.2 Å². The van der Waals surface area contributed by atoms with Crippen LogP contribution in [0.15, 0.2) is 30.3 Å². The molecule has 1 unspecified atom stereocenters. The highest BCUT2D eigenvalue weighted by atomic mass is 16.2. The third-order valence-corrected chi connectivity index (χ3v) is 8.83. The van der Waals surface area contributed by atoms with Crippen LogP contribution in [0, 0.1) is 32.1 Å². The summed E-state index contributed by atoms with van der Waals surface area (Å²) in [4.78, 5) is 40.7. The number of likely N-dealkylation sites (tertiary alicyclic amines) is 1. The molecule has 212 valence electrons. The Morgan fingerprint density at radius 1 is 1.15 bits per heavy atom. The number of nitrogens with one attached hydrogen (secondary N) is 1. The van der Waals surface area contributed by atoms with Gasteiger partial charge in [-0.3, -0.25) is 9.59 Å². The second-order valence-corrected chi connectivity index (χ2v) is 11.5. The van der Waals surface area contributed by atoms with Crippen LogP contribution in [0.2, 0.25) is 0 Å². The van der Waals surface area contributed by atoms with Gasteiger partial charge in [-0.1, -0.05) is 29.8 Å². The van der Waals surface area contributed by atoms with Crippen molar-refractivity contribution in [3.05, 3.63) is 69.3 Å². The molecular formula is C33H42N4O3. The topological polar surface area (TPSA) is 93.5 Å². The molecule has 7 heteroatoms. The second-order valence-electron chi connectivity index (χ2n) is 11.5. The van der Waals surface area contributed by atoms with E-state index in [2.05, 4.69) is 55.3 Å². The number of amides is 2. The lowest BCUT2D eigenvalue weighted by atomic mass is 9.70. The van der Waals surface area contributed by atoms with E-state index in [1.54, 1.807) is 11.9 Å². The molecule has 4 rings (SSSR count). The molecule has 0 aliphatic carbocycles. The average molecular weight is 543 g/mol. The molecule has 0 bridgehead atoms. The van der Waals surface area contributed by atoms with Gasteiger partial charge in [0.2, 0.25) is 5.91 Å².